The van der Waals surface area contributed by atoms with Crippen molar-refractivity contribution < 1.29 is 19.4 Å². The van der Waals surface area contributed by atoms with Crippen LogP contribution in [0.5, 0.6) is 11.5 Å². The van der Waals surface area contributed by atoms with Crippen molar-refractivity contribution in [2.75, 3.05) is 14.2 Å². The molecule has 0 aliphatic rings. The van der Waals surface area contributed by atoms with E-state index in [9.17, 15) is 4.79 Å². The zero-order valence-corrected chi connectivity index (χ0v) is 11.6. The highest BCUT2D eigenvalue weighted by Gasteiger charge is 2.07. The summed E-state index contributed by atoms with van der Waals surface area (Å²) in [7, 11) is 3.15. The van der Waals surface area contributed by atoms with E-state index in [0.29, 0.717) is 30.9 Å². The van der Waals surface area contributed by atoms with Crippen molar-refractivity contribution in [2.45, 2.75) is 32.4 Å². The van der Waals surface area contributed by atoms with E-state index in [1.807, 2.05) is 12.1 Å². The van der Waals surface area contributed by atoms with Gasteiger partial charge in [0, 0.05) is 13.0 Å². The van der Waals surface area contributed by atoms with E-state index in [2.05, 4.69) is 5.32 Å². The van der Waals surface area contributed by atoms with Crippen molar-refractivity contribution >= 4 is 5.91 Å². The number of hydrogen-bond donors (Lipinski definition) is 2. The Balaban J connectivity index is 2.51. The Morgan fingerprint density at radius 1 is 1.32 bits per heavy atom. The van der Waals surface area contributed by atoms with Crippen molar-refractivity contribution in [3.05, 3.63) is 23.8 Å². The molecule has 0 fully saturated rings. The monoisotopic (exact) mass is 267 g/mol. The number of methoxy groups -OCH3 is 2. The van der Waals surface area contributed by atoms with Crippen molar-refractivity contribution in [3.63, 3.8) is 0 Å². The number of hydrogen-bond acceptors (Lipinski definition) is 4. The number of nitrogens with one attached hydrogen (secondary N) is 1. The molecule has 1 rings (SSSR count). The maximum Gasteiger partial charge on any atom is 0.220 e. The number of carbonyl (C=O) groups is 1. The Labute approximate surface area is 113 Å². The zero-order valence-electron chi connectivity index (χ0n) is 11.6. The number of aliphatic hydroxyl groups excluding tert-OH is 1. The Morgan fingerprint density at radius 3 is 2.58 bits per heavy atom. The minimum atomic E-state index is -0.452. The summed E-state index contributed by atoms with van der Waals surface area (Å²) in [6.45, 7) is 2.10. The van der Waals surface area contributed by atoms with Crippen LogP contribution in [0.1, 0.15) is 25.3 Å². The van der Waals surface area contributed by atoms with E-state index in [0.717, 1.165) is 5.56 Å². The van der Waals surface area contributed by atoms with Gasteiger partial charge < -0.3 is 19.9 Å². The van der Waals surface area contributed by atoms with E-state index in [-0.39, 0.29) is 5.91 Å². The van der Waals surface area contributed by atoms with Gasteiger partial charge in [-0.2, -0.15) is 0 Å². The average Bonchev–Trinajstić information content (AvgIpc) is 2.42. The summed E-state index contributed by atoms with van der Waals surface area (Å²) in [6.07, 6.45) is 0.342. The first kappa shape index (κ1) is 15.3. The summed E-state index contributed by atoms with van der Waals surface area (Å²) in [6, 6.07) is 5.50. The lowest BCUT2D eigenvalue weighted by molar-refractivity contribution is -0.121. The molecule has 0 spiro atoms. The minimum Gasteiger partial charge on any atom is -0.493 e. The molecule has 5 heteroatoms. The molecule has 1 unspecified atom stereocenters. The summed E-state index contributed by atoms with van der Waals surface area (Å²) in [5.41, 5.74) is 0.933. The van der Waals surface area contributed by atoms with Gasteiger partial charge in [-0.15, -0.1) is 0 Å². The molecule has 5 nitrogen and oxygen atoms in total. The highest BCUT2D eigenvalue weighted by molar-refractivity contribution is 5.75. The van der Waals surface area contributed by atoms with Crippen molar-refractivity contribution in [1.82, 2.24) is 5.32 Å². The van der Waals surface area contributed by atoms with Gasteiger partial charge in [0.15, 0.2) is 11.5 Å². The van der Waals surface area contributed by atoms with E-state index in [1.54, 1.807) is 27.2 Å². The molecule has 0 bridgehead atoms. The molecule has 1 aromatic carbocycles. The summed E-state index contributed by atoms with van der Waals surface area (Å²) < 4.78 is 10.3. The van der Waals surface area contributed by atoms with Crippen LogP contribution < -0.4 is 14.8 Å². The van der Waals surface area contributed by atoms with Crippen LogP contribution in [0.3, 0.4) is 0 Å². The average molecular weight is 267 g/mol. The number of benzene rings is 1. The molecule has 1 atom stereocenters. The van der Waals surface area contributed by atoms with Gasteiger partial charge >= 0.3 is 0 Å². The molecule has 0 saturated heterocycles. The van der Waals surface area contributed by atoms with Crippen LogP contribution in [0, 0.1) is 0 Å². The Bertz CT molecular complexity index is 418. The van der Waals surface area contributed by atoms with Crippen LogP contribution in [0.2, 0.25) is 0 Å². The normalized spacial score (nSPS) is 11.8. The molecule has 1 amide bonds. The van der Waals surface area contributed by atoms with Gasteiger partial charge in [-0.25, -0.2) is 0 Å². The fraction of sp³-hybridized carbons (Fsp3) is 0.500. The third-order valence-electron chi connectivity index (χ3n) is 2.73. The molecule has 1 aromatic rings. The van der Waals surface area contributed by atoms with Crippen molar-refractivity contribution in [2.24, 2.45) is 0 Å². The first-order valence-electron chi connectivity index (χ1n) is 6.22. The van der Waals surface area contributed by atoms with Gasteiger partial charge in [-0.3, -0.25) is 4.79 Å². The van der Waals surface area contributed by atoms with Gasteiger partial charge in [0.2, 0.25) is 5.91 Å². The number of carbonyl (C=O) groups excluding carboxylic acids is 1. The number of ether oxygens (including phenoxy) is 2. The molecule has 0 aliphatic heterocycles. The molecule has 19 heavy (non-hydrogen) atoms. The molecular formula is C14H21NO4. The van der Waals surface area contributed by atoms with E-state index >= 15 is 0 Å². The lowest BCUT2D eigenvalue weighted by atomic mass is 10.2. The number of aliphatic hydroxyl groups is 1. The van der Waals surface area contributed by atoms with Gasteiger partial charge in [-0.05, 0) is 31.0 Å². The molecule has 0 aromatic heterocycles. The topological polar surface area (TPSA) is 67.8 Å². The maximum absolute atomic E-state index is 11.5. The third-order valence-corrected chi connectivity index (χ3v) is 2.73. The van der Waals surface area contributed by atoms with E-state index in [1.165, 1.54) is 0 Å². The molecule has 0 radical (unpaired) electrons. The predicted molar refractivity (Wildman–Crippen MR) is 72.3 cm³/mol. The highest BCUT2D eigenvalue weighted by Crippen LogP contribution is 2.27. The molecule has 0 aliphatic carbocycles. The Morgan fingerprint density at radius 2 is 2.00 bits per heavy atom. The standard InChI is InChI=1S/C14H21NO4/c1-10(16)4-7-14(17)15-9-11-5-6-12(18-2)13(8-11)19-3/h5-6,8,10,16H,4,7,9H2,1-3H3,(H,15,17). The quantitative estimate of drug-likeness (QED) is 0.785. The predicted octanol–water partition coefficient (Wildman–Crippen LogP) is 1.48. The van der Waals surface area contributed by atoms with Crippen LogP contribution >= 0.6 is 0 Å². The lowest BCUT2D eigenvalue weighted by Crippen LogP contribution is -2.23. The summed E-state index contributed by atoms with van der Waals surface area (Å²) in [4.78, 5) is 11.5. The minimum absolute atomic E-state index is 0.0734. The van der Waals surface area contributed by atoms with Gasteiger partial charge in [0.1, 0.15) is 0 Å². The van der Waals surface area contributed by atoms with Crippen LogP contribution in [-0.2, 0) is 11.3 Å². The second-order valence-electron chi connectivity index (χ2n) is 4.35. The van der Waals surface area contributed by atoms with Crippen LogP contribution in [-0.4, -0.2) is 31.3 Å². The summed E-state index contributed by atoms with van der Waals surface area (Å²) in [5.74, 6) is 1.22. The smallest absolute Gasteiger partial charge is 0.220 e. The summed E-state index contributed by atoms with van der Waals surface area (Å²) in [5, 5.41) is 11.9. The first-order valence-corrected chi connectivity index (χ1v) is 6.22. The van der Waals surface area contributed by atoms with Gasteiger partial charge in [-0.1, -0.05) is 6.07 Å². The number of rotatable bonds is 7. The molecule has 0 saturated carbocycles. The fourth-order valence-electron chi connectivity index (χ4n) is 1.62. The lowest BCUT2D eigenvalue weighted by Gasteiger charge is -2.10. The van der Waals surface area contributed by atoms with Crippen molar-refractivity contribution in [1.29, 1.82) is 0 Å². The van der Waals surface area contributed by atoms with Crippen LogP contribution in [0.4, 0.5) is 0 Å². The van der Waals surface area contributed by atoms with Gasteiger partial charge in [0.25, 0.3) is 0 Å². The first-order chi connectivity index (χ1) is 9.06. The largest absolute Gasteiger partial charge is 0.493 e. The maximum atomic E-state index is 11.5. The van der Waals surface area contributed by atoms with Gasteiger partial charge in [0.05, 0.1) is 20.3 Å². The Kier molecular flexibility index (Phi) is 6.15. The SMILES string of the molecule is COc1ccc(CNC(=O)CCC(C)O)cc1OC. The Hall–Kier alpha value is -1.75. The molecule has 106 valence electrons. The van der Waals surface area contributed by atoms with Crippen LogP contribution in [0.25, 0.3) is 0 Å². The molecular weight excluding hydrogens is 246 g/mol. The molecule has 2 N–H and O–H groups in total. The van der Waals surface area contributed by atoms with E-state index in [4.69, 9.17) is 14.6 Å². The number of amides is 1. The van der Waals surface area contributed by atoms with Crippen molar-refractivity contribution in [3.8, 4) is 11.5 Å². The summed E-state index contributed by atoms with van der Waals surface area (Å²) >= 11 is 0. The fourth-order valence-corrected chi connectivity index (χ4v) is 1.62. The zero-order chi connectivity index (χ0) is 14.3. The highest BCUT2D eigenvalue weighted by atomic mass is 16.5. The second kappa shape index (κ2) is 7.63. The van der Waals surface area contributed by atoms with Crippen LogP contribution in [0.15, 0.2) is 18.2 Å². The third kappa shape index (κ3) is 5.18. The second-order valence-corrected chi connectivity index (χ2v) is 4.35. The van der Waals surface area contributed by atoms with E-state index < -0.39 is 6.10 Å². The molecule has 0 heterocycles.